The number of primary amides is 1. The fourth-order valence-corrected chi connectivity index (χ4v) is 2.72. The summed E-state index contributed by atoms with van der Waals surface area (Å²) in [6, 6.07) is 7.20. The van der Waals surface area contributed by atoms with Crippen LogP contribution >= 0.6 is 0 Å². The van der Waals surface area contributed by atoms with Gasteiger partial charge < -0.3 is 10.8 Å². The van der Waals surface area contributed by atoms with Gasteiger partial charge in [0.25, 0.3) is 0 Å². The minimum absolute atomic E-state index is 0.113. The van der Waals surface area contributed by atoms with Crippen LogP contribution < -0.4 is 5.73 Å². The topological polar surface area (TPSA) is 63.3 Å². The van der Waals surface area contributed by atoms with Crippen LogP contribution in [0.25, 0.3) is 6.08 Å². The third kappa shape index (κ3) is 3.67. The Morgan fingerprint density at radius 3 is 2.37 bits per heavy atom. The Kier molecular flexibility index (Phi) is 4.74. The average Bonchev–Trinajstić information content (AvgIpc) is 2.46. The van der Waals surface area contributed by atoms with Crippen molar-refractivity contribution in [2.45, 2.75) is 32.1 Å². The summed E-state index contributed by atoms with van der Waals surface area (Å²) in [4.78, 5) is 11.0. The zero-order valence-electron chi connectivity index (χ0n) is 11.1. The summed E-state index contributed by atoms with van der Waals surface area (Å²) in [5.74, 6) is 0.0970. The normalized spacial score (nSPS) is 17.4. The summed E-state index contributed by atoms with van der Waals surface area (Å²) in [6.07, 6.45) is 8.20. The lowest BCUT2D eigenvalue weighted by Gasteiger charge is -2.23. The van der Waals surface area contributed by atoms with E-state index in [2.05, 4.69) is 0 Å². The lowest BCUT2D eigenvalue weighted by Crippen LogP contribution is -2.12. The van der Waals surface area contributed by atoms with E-state index in [1.165, 1.54) is 32.1 Å². The van der Waals surface area contributed by atoms with Crippen molar-refractivity contribution in [2.24, 2.45) is 11.7 Å². The maximum absolute atomic E-state index is 11.0. The molecule has 0 bridgehead atoms. The second-order valence-corrected chi connectivity index (χ2v) is 5.20. The molecule has 1 saturated carbocycles. The van der Waals surface area contributed by atoms with Crippen molar-refractivity contribution in [1.29, 1.82) is 0 Å². The number of carbonyl (C=O) groups excluding carboxylic acids is 1. The van der Waals surface area contributed by atoms with Gasteiger partial charge in [-0.05, 0) is 42.0 Å². The number of rotatable bonds is 4. The number of hydrogen-bond donors (Lipinski definition) is 2. The van der Waals surface area contributed by atoms with Gasteiger partial charge in [0.2, 0.25) is 5.91 Å². The van der Waals surface area contributed by atoms with Gasteiger partial charge >= 0.3 is 0 Å². The molecule has 1 aliphatic carbocycles. The van der Waals surface area contributed by atoms with Gasteiger partial charge in [-0.2, -0.15) is 0 Å². The first-order valence-corrected chi connectivity index (χ1v) is 6.92. The van der Waals surface area contributed by atoms with Gasteiger partial charge in [-0.25, -0.2) is 0 Å². The highest BCUT2D eigenvalue weighted by Gasteiger charge is 2.17. The second kappa shape index (κ2) is 6.53. The first-order chi connectivity index (χ1) is 9.20. The summed E-state index contributed by atoms with van der Waals surface area (Å²) < 4.78 is 0. The van der Waals surface area contributed by atoms with E-state index in [1.54, 1.807) is 12.1 Å². The monoisotopic (exact) mass is 259 g/mol. The van der Waals surface area contributed by atoms with Gasteiger partial charge in [-0.15, -0.1) is 0 Å². The second-order valence-electron chi connectivity index (χ2n) is 5.20. The molecule has 19 heavy (non-hydrogen) atoms. The van der Waals surface area contributed by atoms with E-state index < -0.39 is 5.91 Å². The molecule has 0 atom stereocenters. The largest absolute Gasteiger partial charge is 0.392 e. The van der Waals surface area contributed by atoms with Crippen LogP contribution in [0.15, 0.2) is 29.8 Å². The molecule has 0 saturated heterocycles. The molecular formula is C16H21NO2. The number of hydrogen-bond acceptors (Lipinski definition) is 2. The Morgan fingerprint density at radius 1 is 1.21 bits per heavy atom. The molecule has 3 nitrogen and oxygen atoms in total. The number of nitrogens with two attached hydrogens (primary N) is 1. The van der Waals surface area contributed by atoms with Gasteiger partial charge in [0.05, 0.1) is 6.61 Å². The molecule has 2 rings (SSSR count). The zero-order valence-corrected chi connectivity index (χ0v) is 11.1. The minimum atomic E-state index is -0.412. The van der Waals surface area contributed by atoms with E-state index in [0.29, 0.717) is 11.5 Å². The molecule has 0 heterocycles. The number of benzene rings is 1. The first kappa shape index (κ1) is 13.8. The standard InChI is InChI=1S/C16H21NO2/c17-16(19)14-8-6-12(7-9-14)10-15(11-18)13-4-2-1-3-5-13/h6-10,13,18H,1-5,11H2,(H2,17,19). The van der Waals surface area contributed by atoms with Crippen LogP contribution in [0.5, 0.6) is 0 Å². The van der Waals surface area contributed by atoms with E-state index in [1.807, 2.05) is 18.2 Å². The summed E-state index contributed by atoms with van der Waals surface area (Å²) in [6.45, 7) is 0.113. The molecule has 0 unspecified atom stereocenters. The summed E-state index contributed by atoms with van der Waals surface area (Å²) >= 11 is 0. The Bertz CT molecular complexity index is 456. The lowest BCUT2D eigenvalue weighted by molar-refractivity contribution is 0.100. The van der Waals surface area contributed by atoms with Crippen molar-refractivity contribution in [3.05, 3.63) is 41.0 Å². The van der Waals surface area contributed by atoms with E-state index in [0.717, 1.165) is 11.1 Å². The Hall–Kier alpha value is -1.61. The third-order valence-electron chi connectivity index (χ3n) is 3.86. The van der Waals surface area contributed by atoms with Crippen molar-refractivity contribution < 1.29 is 9.90 Å². The van der Waals surface area contributed by atoms with E-state index in [-0.39, 0.29) is 6.61 Å². The Balaban J connectivity index is 2.14. The van der Waals surface area contributed by atoms with Crippen LogP contribution in [0.2, 0.25) is 0 Å². The molecule has 1 fully saturated rings. The fraction of sp³-hybridized carbons (Fsp3) is 0.438. The van der Waals surface area contributed by atoms with Gasteiger partial charge in [0.1, 0.15) is 0 Å². The summed E-state index contributed by atoms with van der Waals surface area (Å²) in [5, 5.41) is 9.54. The molecule has 102 valence electrons. The molecule has 0 radical (unpaired) electrons. The number of aliphatic hydroxyl groups excluding tert-OH is 1. The van der Waals surface area contributed by atoms with Gasteiger partial charge in [0.15, 0.2) is 0 Å². The van der Waals surface area contributed by atoms with Crippen LogP contribution in [-0.2, 0) is 0 Å². The highest BCUT2D eigenvalue weighted by atomic mass is 16.3. The smallest absolute Gasteiger partial charge is 0.248 e. The molecule has 0 aromatic heterocycles. The maximum atomic E-state index is 11.0. The van der Waals surface area contributed by atoms with Crippen LogP contribution in [-0.4, -0.2) is 17.6 Å². The van der Waals surface area contributed by atoms with Gasteiger partial charge in [-0.1, -0.05) is 37.5 Å². The molecule has 1 aromatic rings. The van der Waals surface area contributed by atoms with Crippen molar-refractivity contribution in [3.63, 3.8) is 0 Å². The number of aliphatic hydroxyl groups is 1. The maximum Gasteiger partial charge on any atom is 0.248 e. The van der Waals surface area contributed by atoms with E-state index >= 15 is 0 Å². The lowest BCUT2D eigenvalue weighted by atomic mass is 9.83. The molecule has 1 aliphatic rings. The van der Waals surface area contributed by atoms with Crippen LogP contribution in [0, 0.1) is 5.92 Å². The number of amides is 1. The molecule has 3 heteroatoms. The first-order valence-electron chi connectivity index (χ1n) is 6.92. The summed E-state index contributed by atoms with van der Waals surface area (Å²) in [5.41, 5.74) is 7.84. The SMILES string of the molecule is NC(=O)c1ccc(C=C(CO)C2CCCCC2)cc1. The Labute approximate surface area is 114 Å². The molecule has 3 N–H and O–H groups in total. The quantitative estimate of drug-likeness (QED) is 0.873. The van der Waals surface area contributed by atoms with Crippen molar-refractivity contribution in [3.8, 4) is 0 Å². The van der Waals surface area contributed by atoms with Crippen molar-refractivity contribution in [2.75, 3.05) is 6.61 Å². The summed E-state index contributed by atoms with van der Waals surface area (Å²) in [7, 11) is 0. The van der Waals surface area contributed by atoms with Crippen LogP contribution in [0.4, 0.5) is 0 Å². The van der Waals surface area contributed by atoms with Gasteiger partial charge in [0, 0.05) is 5.56 Å². The zero-order chi connectivity index (χ0) is 13.7. The predicted molar refractivity (Wildman–Crippen MR) is 76.6 cm³/mol. The van der Waals surface area contributed by atoms with E-state index in [4.69, 9.17) is 5.73 Å². The van der Waals surface area contributed by atoms with Crippen molar-refractivity contribution in [1.82, 2.24) is 0 Å². The minimum Gasteiger partial charge on any atom is -0.392 e. The van der Waals surface area contributed by atoms with Crippen LogP contribution in [0.3, 0.4) is 0 Å². The predicted octanol–water partition coefficient (Wildman–Crippen LogP) is 2.74. The molecule has 0 aliphatic heterocycles. The van der Waals surface area contributed by atoms with Gasteiger partial charge in [-0.3, -0.25) is 4.79 Å². The Morgan fingerprint density at radius 2 is 1.84 bits per heavy atom. The molecule has 1 aromatic carbocycles. The molecule has 0 spiro atoms. The highest BCUT2D eigenvalue weighted by molar-refractivity contribution is 5.92. The average molecular weight is 259 g/mol. The number of carbonyl (C=O) groups is 1. The third-order valence-corrected chi connectivity index (χ3v) is 3.86. The molecule has 1 amide bonds. The molecular weight excluding hydrogens is 238 g/mol. The fourth-order valence-electron chi connectivity index (χ4n) is 2.72. The van der Waals surface area contributed by atoms with Crippen LogP contribution in [0.1, 0.15) is 48.0 Å². The highest BCUT2D eigenvalue weighted by Crippen LogP contribution is 2.30. The van der Waals surface area contributed by atoms with Crippen molar-refractivity contribution >= 4 is 12.0 Å². The van der Waals surface area contributed by atoms with E-state index in [9.17, 15) is 9.90 Å².